The monoisotopic (exact) mass is 285 g/mol. The number of alkyl halides is 3. The lowest BCUT2D eigenvalue weighted by molar-refractivity contribution is -0.138. The van der Waals surface area contributed by atoms with E-state index in [0.29, 0.717) is 17.6 Å². The van der Waals surface area contributed by atoms with Crippen LogP contribution in [-0.4, -0.2) is 25.6 Å². The minimum atomic E-state index is -4.75. The maximum atomic E-state index is 12.8. The molecular weight excluding hydrogens is 275 g/mol. The van der Waals surface area contributed by atoms with Crippen molar-refractivity contribution in [2.75, 3.05) is 0 Å². The first kappa shape index (κ1) is 14.0. The van der Waals surface area contributed by atoms with Gasteiger partial charge in [-0.05, 0) is 19.9 Å². The summed E-state index contributed by atoms with van der Waals surface area (Å²) in [6.07, 6.45) is -3.21. The average Bonchev–Trinajstić information content (AvgIpc) is 2.71. The molecule has 0 bridgehead atoms. The number of carbonyl (C=O) groups is 1. The van der Waals surface area contributed by atoms with Crippen LogP contribution in [0.5, 0.6) is 0 Å². The van der Waals surface area contributed by atoms with Gasteiger partial charge in [-0.3, -0.25) is 4.57 Å². The second-order valence-electron chi connectivity index (χ2n) is 4.25. The Hall–Kier alpha value is -2.38. The zero-order valence-electron chi connectivity index (χ0n) is 10.6. The summed E-state index contributed by atoms with van der Waals surface area (Å²) in [6, 6.07) is 1.66. The molecule has 106 valence electrons. The molecule has 0 aliphatic rings. The summed E-state index contributed by atoms with van der Waals surface area (Å²) in [6.45, 7) is 3.34. The Labute approximate surface area is 111 Å². The highest BCUT2D eigenvalue weighted by atomic mass is 19.4. The highest BCUT2D eigenvalue weighted by Gasteiger charge is 2.37. The van der Waals surface area contributed by atoms with Gasteiger partial charge in [0, 0.05) is 23.8 Å². The van der Waals surface area contributed by atoms with Crippen LogP contribution in [0.1, 0.15) is 27.3 Å². The topological polar surface area (TPSA) is 68.0 Å². The fourth-order valence-electron chi connectivity index (χ4n) is 1.79. The van der Waals surface area contributed by atoms with Gasteiger partial charge in [0.05, 0.1) is 11.1 Å². The molecule has 5 nitrogen and oxygen atoms in total. The molecule has 2 heterocycles. The summed E-state index contributed by atoms with van der Waals surface area (Å²) in [5.41, 5.74) is -0.911. The van der Waals surface area contributed by atoms with E-state index in [1.165, 1.54) is 0 Å². The highest BCUT2D eigenvalue weighted by Crippen LogP contribution is 2.33. The van der Waals surface area contributed by atoms with E-state index < -0.39 is 23.3 Å². The van der Waals surface area contributed by atoms with E-state index in [2.05, 4.69) is 9.97 Å². The Morgan fingerprint density at radius 3 is 2.15 bits per heavy atom. The molecule has 0 aliphatic heterocycles. The van der Waals surface area contributed by atoms with Gasteiger partial charge < -0.3 is 5.11 Å². The number of hydrogen-bond acceptors (Lipinski definition) is 3. The molecule has 2 rings (SSSR count). The summed E-state index contributed by atoms with van der Waals surface area (Å²) in [5.74, 6) is -1.65. The lowest BCUT2D eigenvalue weighted by atomic mass is 10.2. The van der Waals surface area contributed by atoms with Gasteiger partial charge in [0.15, 0.2) is 0 Å². The van der Waals surface area contributed by atoms with Gasteiger partial charge in [0.2, 0.25) is 5.95 Å². The Bertz CT molecular complexity index is 657. The van der Waals surface area contributed by atoms with Gasteiger partial charge >= 0.3 is 12.1 Å². The van der Waals surface area contributed by atoms with Crippen LogP contribution in [0.2, 0.25) is 0 Å². The maximum absolute atomic E-state index is 12.8. The van der Waals surface area contributed by atoms with Crippen LogP contribution in [-0.2, 0) is 6.18 Å². The van der Waals surface area contributed by atoms with Gasteiger partial charge in [-0.2, -0.15) is 13.2 Å². The Balaban J connectivity index is 2.62. The Kier molecular flexibility index (Phi) is 3.24. The average molecular weight is 285 g/mol. The fraction of sp³-hybridized carbons (Fsp3) is 0.250. The third kappa shape index (κ3) is 2.63. The minimum absolute atomic E-state index is 0.000463. The van der Waals surface area contributed by atoms with Crippen LogP contribution in [0.25, 0.3) is 5.95 Å². The number of aromatic nitrogens is 3. The smallest absolute Gasteiger partial charge is 0.418 e. The van der Waals surface area contributed by atoms with Crippen molar-refractivity contribution in [3.05, 3.63) is 41.0 Å². The van der Waals surface area contributed by atoms with Crippen LogP contribution in [0, 0.1) is 13.8 Å². The van der Waals surface area contributed by atoms with E-state index in [1.807, 2.05) is 0 Å². The van der Waals surface area contributed by atoms with E-state index >= 15 is 0 Å². The first-order valence-electron chi connectivity index (χ1n) is 5.53. The predicted molar refractivity (Wildman–Crippen MR) is 62.8 cm³/mol. The summed E-state index contributed by atoms with van der Waals surface area (Å²) < 4.78 is 39.3. The molecule has 0 saturated carbocycles. The molecule has 8 heteroatoms. The number of carboxylic acid groups (broad SMARTS) is 1. The van der Waals surface area contributed by atoms with E-state index in [-0.39, 0.29) is 5.95 Å². The fourth-order valence-corrected chi connectivity index (χ4v) is 1.79. The van der Waals surface area contributed by atoms with Gasteiger partial charge in [0.1, 0.15) is 0 Å². The number of halogens is 3. The molecule has 0 unspecified atom stereocenters. The van der Waals surface area contributed by atoms with Crippen LogP contribution >= 0.6 is 0 Å². The van der Waals surface area contributed by atoms with Crippen molar-refractivity contribution in [2.24, 2.45) is 0 Å². The molecule has 0 saturated heterocycles. The summed E-state index contributed by atoms with van der Waals surface area (Å²) in [7, 11) is 0. The Morgan fingerprint density at radius 2 is 1.75 bits per heavy atom. The van der Waals surface area contributed by atoms with E-state index in [4.69, 9.17) is 5.11 Å². The SMILES string of the molecule is Cc1cc(C)nc(-n2cc(C(=O)O)c(C(F)(F)F)c2)n1. The number of aryl methyl sites for hydroxylation is 2. The first-order valence-corrected chi connectivity index (χ1v) is 5.53. The van der Waals surface area contributed by atoms with Crippen molar-refractivity contribution < 1.29 is 23.1 Å². The van der Waals surface area contributed by atoms with E-state index in [1.54, 1.807) is 19.9 Å². The van der Waals surface area contributed by atoms with Gasteiger partial charge in [-0.1, -0.05) is 0 Å². The van der Waals surface area contributed by atoms with Crippen molar-refractivity contribution in [3.63, 3.8) is 0 Å². The number of carboxylic acids is 1. The third-order valence-electron chi connectivity index (χ3n) is 2.56. The molecule has 0 spiro atoms. The number of hydrogen-bond donors (Lipinski definition) is 1. The summed E-state index contributed by atoms with van der Waals surface area (Å²) in [5, 5.41) is 8.84. The zero-order chi connectivity index (χ0) is 15.1. The molecule has 0 amide bonds. The maximum Gasteiger partial charge on any atom is 0.418 e. The minimum Gasteiger partial charge on any atom is -0.478 e. The van der Waals surface area contributed by atoms with Crippen molar-refractivity contribution in [2.45, 2.75) is 20.0 Å². The van der Waals surface area contributed by atoms with Crippen LogP contribution in [0.4, 0.5) is 13.2 Å². The molecule has 20 heavy (non-hydrogen) atoms. The molecule has 2 aromatic heterocycles. The number of aromatic carboxylic acids is 1. The van der Waals surface area contributed by atoms with Crippen LogP contribution < -0.4 is 0 Å². The standard InChI is InChI=1S/C12H10F3N3O2/c1-6-3-7(2)17-11(16-6)18-4-8(10(19)20)9(5-18)12(13,14)15/h3-5H,1-2H3,(H,19,20). The molecule has 0 aromatic carbocycles. The number of rotatable bonds is 2. The van der Waals surface area contributed by atoms with Gasteiger partial charge in [-0.15, -0.1) is 0 Å². The normalized spacial score (nSPS) is 11.7. The van der Waals surface area contributed by atoms with Crippen LogP contribution in [0.3, 0.4) is 0 Å². The second-order valence-corrected chi connectivity index (χ2v) is 4.25. The molecule has 0 fully saturated rings. The largest absolute Gasteiger partial charge is 0.478 e. The second kappa shape index (κ2) is 4.62. The van der Waals surface area contributed by atoms with E-state index in [9.17, 15) is 18.0 Å². The summed E-state index contributed by atoms with van der Waals surface area (Å²) >= 11 is 0. The van der Waals surface area contributed by atoms with Crippen molar-refractivity contribution in [3.8, 4) is 5.95 Å². The molecule has 0 radical (unpaired) electrons. The molecular formula is C12H10F3N3O2. The lowest BCUT2D eigenvalue weighted by Gasteiger charge is -2.05. The van der Waals surface area contributed by atoms with Crippen LogP contribution in [0.15, 0.2) is 18.5 Å². The van der Waals surface area contributed by atoms with Crippen molar-refractivity contribution in [1.82, 2.24) is 14.5 Å². The van der Waals surface area contributed by atoms with E-state index in [0.717, 1.165) is 10.8 Å². The molecule has 0 atom stereocenters. The van der Waals surface area contributed by atoms with Gasteiger partial charge in [0.25, 0.3) is 0 Å². The third-order valence-corrected chi connectivity index (χ3v) is 2.56. The number of nitrogens with zero attached hydrogens (tertiary/aromatic N) is 3. The predicted octanol–water partition coefficient (Wildman–Crippen LogP) is 2.60. The molecule has 1 N–H and O–H groups in total. The Morgan fingerprint density at radius 1 is 1.20 bits per heavy atom. The van der Waals surface area contributed by atoms with Crippen molar-refractivity contribution in [1.29, 1.82) is 0 Å². The first-order chi connectivity index (χ1) is 9.18. The van der Waals surface area contributed by atoms with Crippen molar-refractivity contribution >= 4 is 5.97 Å². The van der Waals surface area contributed by atoms with Gasteiger partial charge in [-0.25, -0.2) is 14.8 Å². The summed E-state index contributed by atoms with van der Waals surface area (Å²) in [4.78, 5) is 18.9. The zero-order valence-corrected chi connectivity index (χ0v) is 10.6. The molecule has 0 aliphatic carbocycles. The molecule has 2 aromatic rings. The quantitative estimate of drug-likeness (QED) is 0.921. The highest BCUT2D eigenvalue weighted by molar-refractivity contribution is 5.89. The lowest BCUT2D eigenvalue weighted by Crippen LogP contribution is -2.09.